The zero-order valence-electron chi connectivity index (χ0n) is 12.3. The normalized spacial score (nSPS) is 16.7. The number of hydrogen-bond acceptors (Lipinski definition) is 4. The summed E-state index contributed by atoms with van der Waals surface area (Å²) in [5, 5.41) is 11.8. The summed E-state index contributed by atoms with van der Waals surface area (Å²) in [6.45, 7) is 5.40. The topological polar surface area (TPSA) is 78.7 Å². The van der Waals surface area contributed by atoms with Crippen LogP contribution in [0.5, 0.6) is 0 Å². The van der Waals surface area contributed by atoms with Gasteiger partial charge < -0.3 is 0 Å². The molecular formula is C15H20N4O. The van der Waals surface area contributed by atoms with Gasteiger partial charge in [0.1, 0.15) is 5.41 Å². The molecule has 1 amide bonds. The fourth-order valence-corrected chi connectivity index (χ4v) is 2.37. The number of nitriles is 1. The Kier molecular flexibility index (Phi) is 4.03. The number of amides is 1. The average molecular weight is 272 g/mol. The lowest BCUT2D eigenvalue weighted by Crippen LogP contribution is -2.32. The highest BCUT2D eigenvalue weighted by Crippen LogP contribution is 2.25. The van der Waals surface area contributed by atoms with Gasteiger partial charge in [-0.05, 0) is 51.5 Å². The summed E-state index contributed by atoms with van der Waals surface area (Å²) in [4.78, 5) is 21.0. The highest BCUT2D eigenvalue weighted by molar-refractivity contribution is 5.95. The second-order valence-corrected chi connectivity index (χ2v) is 5.52. The van der Waals surface area contributed by atoms with E-state index in [1.165, 1.54) is 12.0 Å². The highest BCUT2D eigenvalue weighted by atomic mass is 16.2. The van der Waals surface area contributed by atoms with E-state index < -0.39 is 5.41 Å². The van der Waals surface area contributed by atoms with Crippen molar-refractivity contribution in [3.8, 4) is 6.07 Å². The Bertz CT molecular complexity index is 576. The van der Waals surface area contributed by atoms with Crippen molar-refractivity contribution in [1.29, 1.82) is 5.26 Å². The zero-order valence-corrected chi connectivity index (χ0v) is 12.3. The maximum atomic E-state index is 12.2. The maximum Gasteiger partial charge on any atom is 0.246 e. The zero-order chi connectivity index (χ0) is 14.8. The first-order chi connectivity index (χ1) is 9.50. The number of carbonyl (C=O) groups is 1. The van der Waals surface area contributed by atoms with Crippen molar-refractivity contribution in [1.82, 2.24) is 9.97 Å². The van der Waals surface area contributed by atoms with E-state index in [0.717, 1.165) is 30.7 Å². The van der Waals surface area contributed by atoms with E-state index in [1.54, 1.807) is 6.92 Å². The first kappa shape index (κ1) is 14.4. The molecule has 20 heavy (non-hydrogen) atoms. The van der Waals surface area contributed by atoms with E-state index in [0.29, 0.717) is 12.4 Å². The molecule has 0 spiro atoms. The number of rotatable bonds is 3. The molecule has 0 saturated heterocycles. The first-order valence-electron chi connectivity index (χ1n) is 7.09. The summed E-state index contributed by atoms with van der Waals surface area (Å²) in [7, 11) is 0. The molecular weight excluding hydrogens is 252 g/mol. The Hall–Kier alpha value is -1.96. The van der Waals surface area contributed by atoms with Crippen molar-refractivity contribution in [2.75, 3.05) is 5.32 Å². The third kappa shape index (κ3) is 2.64. The predicted octanol–water partition coefficient (Wildman–Crippen LogP) is 2.54. The molecule has 0 fully saturated rings. The molecule has 1 aliphatic carbocycles. The molecule has 1 aliphatic rings. The Morgan fingerprint density at radius 2 is 2.10 bits per heavy atom. The van der Waals surface area contributed by atoms with Gasteiger partial charge in [-0.15, -0.1) is 0 Å². The number of anilines is 1. The van der Waals surface area contributed by atoms with Crippen molar-refractivity contribution < 1.29 is 4.79 Å². The molecule has 1 atom stereocenters. The van der Waals surface area contributed by atoms with Gasteiger partial charge in [-0.3, -0.25) is 10.1 Å². The molecule has 0 aliphatic heterocycles. The minimum Gasteiger partial charge on any atom is -0.293 e. The van der Waals surface area contributed by atoms with Gasteiger partial charge in [-0.2, -0.15) is 5.26 Å². The van der Waals surface area contributed by atoms with Crippen molar-refractivity contribution in [2.45, 2.75) is 52.9 Å². The summed E-state index contributed by atoms with van der Waals surface area (Å²) in [6.07, 6.45) is 4.71. The first-order valence-corrected chi connectivity index (χ1v) is 7.09. The van der Waals surface area contributed by atoms with Gasteiger partial charge >= 0.3 is 0 Å². The Labute approximate surface area is 119 Å². The predicted molar refractivity (Wildman–Crippen MR) is 76.1 cm³/mol. The molecule has 5 nitrogen and oxygen atoms in total. The van der Waals surface area contributed by atoms with Crippen molar-refractivity contribution >= 4 is 11.9 Å². The number of fused-ring (bicyclic) bond motifs is 1. The molecule has 1 heterocycles. The molecule has 0 bridgehead atoms. The van der Waals surface area contributed by atoms with Crippen molar-refractivity contribution in [3.63, 3.8) is 0 Å². The third-order valence-corrected chi connectivity index (χ3v) is 4.07. The molecule has 1 aromatic rings. The van der Waals surface area contributed by atoms with Crippen molar-refractivity contribution in [2.24, 2.45) is 5.41 Å². The van der Waals surface area contributed by atoms with Gasteiger partial charge in [0.15, 0.2) is 0 Å². The largest absolute Gasteiger partial charge is 0.293 e. The molecule has 0 aromatic carbocycles. The van der Waals surface area contributed by atoms with Crippen molar-refractivity contribution in [3.05, 3.63) is 17.0 Å². The minimum atomic E-state index is -1.03. The molecule has 5 heteroatoms. The summed E-state index contributed by atoms with van der Waals surface area (Å²) >= 11 is 0. The number of carbonyl (C=O) groups excluding carboxylic acids is 1. The van der Waals surface area contributed by atoms with E-state index in [2.05, 4.69) is 21.4 Å². The van der Waals surface area contributed by atoms with Gasteiger partial charge in [-0.1, -0.05) is 6.92 Å². The summed E-state index contributed by atoms with van der Waals surface area (Å²) in [6, 6.07) is 2.06. The van der Waals surface area contributed by atoms with Crippen LogP contribution in [-0.2, 0) is 17.6 Å². The molecule has 0 saturated carbocycles. The van der Waals surface area contributed by atoms with Crippen LogP contribution in [0, 0.1) is 23.7 Å². The van der Waals surface area contributed by atoms with Crippen LogP contribution in [0.3, 0.4) is 0 Å². The molecule has 1 aromatic heterocycles. The lowest BCUT2D eigenvalue weighted by molar-refractivity contribution is -0.122. The van der Waals surface area contributed by atoms with E-state index in [4.69, 9.17) is 5.26 Å². The van der Waals surface area contributed by atoms with Crippen LogP contribution in [-0.4, -0.2) is 15.9 Å². The molecule has 0 radical (unpaired) electrons. The minimum absolute atomic E-state index is 0.322. The fourth-order valence-electron chi connectivity index (χ4n) is 2.37. The Morgan fingerprint density at radius 3 is 2.75 bits per heavy atom. The summed E-state index contributed by atoms with van der Waals surface area (Å²) in [5.74, 6) is -0.0132. The SMILES string of the molecule is CCC(C)(C#N)C(=O)Nc1nc(C)c2c(n1)CCCC2. The fraction of sp³-hybridized carbons (Fsp3) is 0.600. The lowest BCUT2D eigenvalue weighted by Gasteiger charge is -2.20. The van der Waals surface area contributed by atoms with Gasteiger partial charge in [0.05, 0.1) is 6.07 Å². The smallest absolute Gasteiger partial charge is 0.246 e. The second kappa shape index (κ2) is 5.58. The van der Waals surface area contributed by atoms with Gasteiger partial charge in [0, 0.05) is 11.4 Å². The van der Waals surface area contributed by atoms with Crippen LogP contribution in [0.15, 0.2) is 0 Å². The lowest BCUT2D eigenvalue weighted by atomic mass is 9.88. The summed E-state index contributed by atoms with van der Waals surface area (Å²) < 4.78 is 0. The van der Waals surface area contributed by atoms with Crippen LogP contribution in [0.25, 0.3) is 0 Å². The number of nitrogens with one attached hydrogen (secondary N) is 1. The number of aryl methyl sites for hydroxylation is 2. The van der Waals surface area contributed by atoms with Crippen LogP contribution >= 0.6 is 0 Å². The standard InChI is InChI=1S/C15H20N4O/c1-4-15(3,9-16)13(20)19-14-17-10(2)11-7-5-6-8-12(11)18-14/h4-8H2,1-3H3,(H,17,18,19,20). The molecule has 1 N–H and O–H groups in total. The molecule has 2 rings (SSSR count). The Balaban J connectivity index is 2.25. The maximum absolute atomic E-state index is 12.2. The highest BCUT2D eigenvalue weighted by Gasteiger charge is 2.32. The Morgan fingerprint density at radius 1 is 1.40 bits per heavy atom. The van der Waals surface area contributed by atoms with Crippen LogP contribution in [0.1, 0.15) is 50.1 Å². The summed E-state index contributed by atoms with van der Waals surface area (Å²) in [5.41, 5.74) is 2.15. The van der Waals surface area contributed by atoms with Gasteiger partial charge in [0.2, 0.25) is 11.9 Å². The van der Waals surface area contributed by atoms with Crippen LogP contribution in [0.2, 0.25) is 0 Å². The molecule has 106 valence electrons. The van der Waals surface area contributed by atoms with Gasteiger partial charge in [-0.25, -0.2) is 9.97 Å². The number of nitrogens with zero attached hydrogens (tertiary/aromatic N) is 3. The second-order valence-electron chi connectivity index (χ2n) is 5.52. The monoisotopic (exact) mass is 272 g/mol. The number of aromatic nitrogens is 2. The van der Waals surface area contributed by atoms with E-state index >= 15 is 0 Å². The van der Waals surface area contributed by atoms with E-state index in [9.17, 15) is 4.79 Å². The van der Waals surface area contributed by atoms with E-state index in [-0.39, 0.29) is 5.91 Å². The van der Waals surface area contributed by atoms with Gasteiger partial charge in [0.25, 0.3) is 0 Å². The molecule has 1 unspecified atom stereocenters. The third-order valence-electron chi connectivity index (χ3n) is 4.07. The number of hydrogen-bond donors (Lipinski definition) is 1. The van der Waals surface area contributed by atoms with E-state index in [1.807, 2.05) is 13.8 Å². The average Bonchev–Trinajstić information content (AvgIpc) is 2.46. The van der Waals surface area contributed by atoms with Crippen LogP contribution < -0.4 is 5.32 Å². The van der Waals surface area contributed by atoms with Crippen LogP contribution in [0.4, 0.5) is 5.95 Å². The quantitative estimate of drug-likeness (QED) is 0.917.